The predicted octanol–water partition coefficient (Wildman–Crippen LogP) is 3.84. The van der Waals surface area contributed by atoms with Gasteiger partial charge in [-0.2, -0.15) is 10.5 Å². The summed E-state index contributed by atoms with van der Waals surface area (Å²) in [5, 5.41) is 18.6. The van der Waals surface area contributed by atoms with Crippen LogP contribution in [0.15, 0.2) is 36.4 Å². The molecule has 0 saturated carbocycles. The predicted molar refractivity (Wildman–Crippen MR) is 100 cm³/mol. The smallest absolute Gasteiger partial charge is 0.343 e. The molecule has 0 bridgehead atoms. The summed E-state index contributed by atoms with van der Waals surface area (Å²) < 4.78 is 15.2. The second kappa shape index (κ2) is 9.28. The van der Waals surface area contributed by atoms with Crippen molar-refractivity contribution in [3.05, 3.63) is 58.1 Å². The van der Waals surface area contributed by atoms with Crippen molar-refractivity contribution in [1.29, 1.82) is 10.5 Å². The number of benzene rings is 2. The number of nitrogens with zero attached hydrogens (tertiary/aromatic N) is 2. The summed E-state index contributed by atoms with van der Waals surface area (Å²) in [6.45, 7) is -0.309. The Morgan fingerprint density at radius 2 is 1.89 bits per heavy atom. The van der Waals surface area contributed by atoms with E-state index in [0.29, 0.717) is 28.0 Å². The van der Waals surface area contributed by atoms with Crippen LogP contribution < -0.4 is 9.47 Å². The quantitative estimate of drug-likeness (QED) is 0.428. The lowest BCUT2D eigenvalue weighted by Crippen LogP contribution is -2.13. The molecule has 27 heavy (non-hydrogen) atoms. The summed E-state index contributed by atoms with van der Waals surface area (Å²) in [4.78, 5) is 11.3. The molecule has 0 atom stereocenters. The zero-order chi connectivity index (χ0) is 19.8. The van der Waals surface area contributed by atoms with Crippen LogP contribution in [-0.4, -0.2) is 26.8 Å². The molecule has 2 aromatic carbocycles. The van der Waals surface area contributed by atoms with Crippen molar-refractivity contribution >= 4 is 29.2 Å². The minimum Gasteiger partial charge on any atom is -0.493 e. The topological polar surface area (TPSA) is 92.3 Å². The number of carbonyl (C=O) groups excluding carboxylic acids is 1. The SMILES string of the molecule is COC(=O)COc1c(Cl)cc(/C=C(\C#N)c2ccc(C#N)cc2)cc1OC. The van der Waals surface area contributed by atoms with E-state index in [9.17, 15) is 10.1 Å². The third-order valence-electron chi connectivity index (χ3n) is 3.57. The molecule has 0 aliphatic carbocycles. The number of methoxy groups -OCH3 is 2. The maximum Gasteiger partial charge on any atom is 0.343 e. The van der Waals surface area contributed by atoms with Crippen molar-refractivity contribution in [2.45, 2.75) is 0 Å². The van der Waals surface area contributed by atoms with Crippen LogP contribution in [0.4, 0.5) is 0 Å². The molecule has 136 valence electrons. The maximum absolute atomic E-state index is 11.3. The largest absolute Gasteiger partial charge is 0.493 e. The lowest BCUT2D eigenvalue weighted by atomic mass is 10.0. The number of halogens is 1. The van der Waals surface area contributed by atoms with Gasteiger partial charge in [-0.05, 0) is 41.5 Å². The van der Waals surface area contributed by atoms with Crippen LogP contribution in [0.5, 0.6) is 11.5 Å². The van der Waals surface area contributed by atoms with Crippen molar-refractivity contribution in [1.82, 2.24) is 0 Å². The minimum atomic E-state index is -0.551. The van der Waals surface area contributed by atoms with Gasteiger partial charge < -0.3 is 14.2 Å². The highest BCUT2D eigenvalue weighted by Crippen LogP contribution is 2.37. The van der Waals surface area contributed by atoms with Crippen molar-refractivity contribution < 1.29 is 19.0 Å². The van der Waals surface area contributed by atoms with E-state index in [1.807, 2.05) is 6.07 Å². The lowest BCUT2D eigenvalue weighted by molar-refractivity contribution is -0.142. The molecule has 0 aliphatic rings. The van der Waals surface area contributed by atoms with E-state index in [2.05, 4.69) is 10.8 Å². The summed E-state index contributed by atoms with van der Waals surface area (Å²) in [6, 6.07) is 14.1. The minimum absolute atomic E-state index is 0.207. The number of allylic oxidation sites excluding steroid dienone is 1. The highest BCUT2D eigenvalue weighted by molar-refractivity contribution is 6.32. The maximum atomic E-state index is 11.3. The standard InChI is InChI=1S/C20H15ClN2O4/c1-25-18-9-14(8-17(21)20(18)27-12-19(24)26-2)7-16(11-23)15-5-3-13(10-22)4-6-15/h3-9H,12H2,1-2H3/b16-7+. The lowest BCUT2D eigenvalue weighted by Gasteiger charge is -2.12. The van der Waals surface area contributed by atoms with Gasteiger partial charge in [0.1, 0.15) is 0 Å². The Labute approximate surface area is 161 Å². The average molecular weight is 383 g/mol. The fourth-order valence-electron chi connectivity index (χ4n) is 2.22. The molecule has 0 radical (unpaired) electrons. The van der Waals surface area contributed by atoms with E-state index < -0.39 is 5.97 Å². The van der Waals surface area contributed by atoms with E-state index >= 15 is 0 Å². The summed E-state index contributed by atoms with van der Waals surface area (Å²) in [6.07, 6.45) is 1.64. The fraction of sp³-hybridized carbons (Fsp3) is 0.150. The average Bonchev–Trinajstić information content (AvgIpc) is 2.70. The number of carbonyl (C=O) groups is 1. The van der Waals surface area contributed by atoms with Crippen LogP contribution in [0.25, 0.3) is 11.6 Å². The molecule has 0 amide bonds. The Morgan fingerprint density at radius 1 is 1.19 bits per heavy atom. The van der Waals surface area contributed by atoms with Gasteiger partial charge in [0, 0.05) is 0 Å². The Balaban J connectivity index is 2.38. The van der Waals surface area contributed by atoms with E-state index in [4.69, 9.17) is 26.3 Å². The molecule has 0 aromatic heterocycles. The van der Waals surface area contributed by atoms with E-state index in [1.165, 1.54) is 14.2 Å². The number of hydrogen-bond donors (Lipinski definition) is 0. The molecule has 0 heterocycles. The third-order valence-corrected chi connectivity index (χ3v) is 3.85. The zero-order valence-corrected chi connectivity index (χ0v) is 15.4. The second-order valence-electron chi connectivity index (χ2n) is 5.26. The number of hydrogen-bond acceptors (Lipinski definition) is 6. The van der Waals surface area contributed by atoms with Gasteiger partial charge in [0.25, 0.3) is 0 Å². The summed E-state index contributed by atoms with van der Waals surface area (Å²) in [5.74, 6) is -0.0296. The first-order chi connectivity index (χ1) is 13.0. The Morgan fingerprint density at radius 3 is 2.44 bits per heavy atom. The molecule has 2 rings (SSSR count). The van der Waals surface area contributed by atoms with Gasteiger partial charge >= 0.3 is 5.97 Å². The van der Waals surface area contributed by atoms with E-state index in [1.54, 1.807) is 42.5 Å². The van der Waals surface area contributed by atoms with Crippen LogP contribution in [0, 0.1) is 22.7 Å². The van der Waals surface area contributed by atoms with Crippen LogP contribution in [0.1, 0.15) is 16.7 Å². The molecule has 0 fully saturated rings. The number of esters is 1. The highest BCUT2D eigenvalue weighted by Gasteiger charge is 2.14. The van der Waals surface area contributed by atoms with Gasteiger partial charge in [-0.1, -0.05) is 23.7 Å². The van der Waals surface area contributed by atoms with E-state index in [-0.39, 0.29) is 17.4 Å². The normalized spacial score (nSPS) is 10.5. The number of nitriles is 2. The van der Waals surface area contributed by atoms with Crippen LogP contribution in [-0.2, 0) is 9.53 Å². The first-order valence-corrected chi connectivity index (χ1v) is 8.09. The molecular weight excluding hydrogens is 368 g/mol. The summed E-state index contributed by atoms with van der Waals surface area (Å²) in [5.41, 5.74) is 2.18. The fourth-order valence-corrected chi connectivity index (χ4v) is 2.50. The number of ether oxygens (including phenoxy) is 3. The third kappa shape index (κ3) is 5.01. The molecule has 0 N–H and O–H groups in total. The molecule has 0 spiro atoms. The van der Waals surface area contributed by atoms with Crippen LogP contribution in [0.2, 0.25) is 5.02 Å². The molecule has 6 nitrogen and oxygen atoms in total. The van der Waals surface area contributed by atoms with E-state index in [0.717, 1.165) is 0 Å². The monoisotopic (exact) mass is 382 g/mol. The van der Waals surface area contributed by atoms with Gasteiger partial charge in [0.2, 0.25) is 0 Å². The van der Waals surface area contributed by atoms with Crippen molar-refractivity contribution in [3.8, 4) is 23.6 Å². The van der Waals surface area contributed by atoms with Crippen molar-refractivity contribution in [2.24, 2.45) is 0 Å². The molecular formula is C20H15ClN2O4. The Hall–Kier alpha value is -3.48. The van der Waals surface area contributed by atoms with Gasteiger partial charge in [-0.3, -0.25) is 0 Å². The van der Waals surface area contributed by atoms with Crippen molar-refractivity contribution in [2.75, 3.05) is 20.8 Å². The highest BCUT2D eigenvalue weighted by atomic mass is 35.5. The first-order valence-electron chi connectivity index (χ1n) is 7.71. The zero-order valence-electron chi connectivity index (χ0n) is 14.7. The van der Waals surface area contributed by atoms with Gasteiger partial charge in [-0.25, -0.2) is 4.79 Å². The molecule has 0 aliphatic heterocycles. The van der Waals surface area contributed by atoms with Gasteiger partial charge in [0.05, 0.1) is 42.5 Å². The summed E-state index contributed by atoms with van der Waals surface area (Å²) in [7, 11) is 2.70. The Bertz CT molecular complexity index is 954. The van der Waals surface area contributed by atoms with Crippen LogP contribution >= 0.6 is 11.6 Å². The summed E-state index contributed by atoms with van der Waals surface area (Å²) >= 11 is 6.25. The second-order valence-corrected chi connectivity index (χ2v) is 5.67. The number of rotatable bonds is 6. The van der Waals surface area contributed by atoms with Gasteiger partial charge in [-0.15, -0.1) is 0 Å². The molecule has 0 unspecified atom stereocenters. The molecule has 2 aromatic rings. The molecule has 7 heteroatoms. The first kappa shape index (κ1) is 19.8. The van der Waals surface area contributed by atoms with Crippen molar-refractivity contribution in [3.63, 3.8) is 0 Å². The van der Waals surface area contributed by atoms with Gasteiger partial charge in [0.15, 0.2) is 18.1 Å². The van der Waals surface area contributed by atoms with Crippen LogP contribution in [0.3, 0.4) is 0 Å². The molecule has 0 saturated heterocycles. The Kier molecular flexibility index (Phi) is 6.82.